The molecule has 0 saturated carbocycles. The van der Waals surface area contributed by atoms with Gasteiger partial charge in [0.05, 0.1) is 10.8 Å². The van der Waals surface area contributed by atoms with Crippen molar-refractivity contribution in [1.29, 1.82) is 0 Å². The summed E-state index contributed by atoms with van der Waals surface area (Å²) in [5.41, 5.74) is -1.95. The molecule has 0 heterocycles. The summed E-state index contributed by atoms with van der Waals surface area (Å²) in [6.45, 7) is 0. The van der Waals surface area contributed by atoms with Crippen molar-refractivity contribution in [3.8, 4) is 0 Å². The monoisotopic (exact) mass is 370 g/mol. The Morgan fingerprint density at radius 1 is 0.706 bits per heavy atom. The van der Waals surface area contributed by atoms with Gasteiger partial charge in [0.1, 0.15) is 11.1 Å². The van der Waals surface area contributed by atoms with Crippen LogP contribution in [0.4, 0.5) is 0 Å². The Morgan fingerprint density at radius 3 is 1.00 bits per heavy atom. The second-order valence-electron chi connectivity index (χ2n) is 2.73. The number of alkyl halides is 6. The summed E-state index contributed by atoms with van der Waals surface area (Å²) < 4.78 is 0. The molecule has 0 aromatic heterocycles. The van der Waals surface area contributed by atoms with Crippen molar-refractivity contribution in [3.63, 3.8) is 0 Å². The van der Waals surface area contributed by atoms with Crippen LogP contribution in [-0.4, -0.2) is 49.3 Å². The van der Waals surface area contributed by atoms with Gasteiger partial charge in [0.15, 0.2) is 0 Å². The second kappa shape index (κ2) is 15.7. The normalized spacial score (nSPS) is 16.9. The molecule has 0 bridgehead atoms. The number of rotatable bonds is 6. The zero-order valence-corrected chi connectivity index (χ0v) is 13.3. The van der Waals surface area contributed by atoms with E-state index < -0.39 is 21.9 Å². The molecule has 0 aliphatic heterocycles. The van der Waals surface area contributed by atoms with E-state index in [2.05, 4.69) is 0 Å². The molecule has 0 radical (unpaired) electrons. The first-order chi connectivity index (χ1) is 7.36. The fourth-order valence-corrected chi connectivity index (χ4v) is 1.65. The Labute approximate surface area is 131 Å². The van der Waals surface area contributed by atoms with E-state index in [0.29, 0.717) is 24.6 Å². The van der Waals surface area contributed by atoms with Crippen molar-refractivity contribution in [1.82, 2.24) is 0 Å². The van der Waals surface area contributed by atoms with Gasteiger partial charge < -0.3 is 15.7 Å². The van der Waals surface area contributed by atoms with Crippen molar-refractivity contribution < 1.29 is 15.7 Å². The van der Waals surface area contributed by atoms with Gasteiger partial charge in [0.25, 0.3) is 0 Å². The van der Waals surface area contributed by atoms with Crippen molar-refractivity contribution in [2.45, 2.75) is 34.7 Å². The third-order valence-corrected chi connectivity index (χ3v) is 3.58. The Morgan fingerprint density at radius 2 is 0.941 bits per heavy atom. The predicted molar refractivity (Wildman–Crippen MR) is 77.3 cm³/mol. The maximum atomic E-state index is 8.53. The Balaban J connectivity index is -0.000000218. The summed E-state index contributed by atoms with van der Waals surface area (Å²) >= 11 is 31.8. The summed E-state index contributed by atoms with van der Waals surface area (Å²) in [4.78, 5) is 0. The van der Waals surface area contributed by atoms with Crippen LogP contribution in [0, 0.1) is 0 Å². The Kier molecular flexibility index (Phi) is 21.8. The van der Waals surface area contributed by atoms with E-state index in [4.69, 9.17) is 79.8 Å². The lowest BCUT2D eigenvalue weighted by molar-refractivity contribution is 0.248. The summed E-state index contributed by atoms with van der Waals surface area (Å²) in [5.74, 6) is 0.857. The highest BCUT2D eigenvalue weighted by atomic mass is 35.5. The molecule has 0 rings (SSSR count). The summed E-state index contributed by atoms with van der Waals surface area (Å²) in [7, 11) is 0. The summed E-state index contributed by atoms with van der Waals surface area (Å²) in [5, 5.41) is 16.2. The molecular formula is C8H16Cl6O3. The Hall–Kier alpha value is 1.62. The van der Waals surface area contributed by atoms with Gasteiger partial charge in [-0.25, -0.2) is 0 Å². The van der Waals surface area contributed by atoms with Crippen molar-refractivity contribution in [2.75, 3.05) is 11.8 Å². The Bertz CT molecular complexity index is 133. The van der Waals surface area contributed by atoms with Gasteiger partial charge >= 0.3 is 0 Å². The molecule has 0 aliphatic rings. The first kappa shape index (κ1) is 23.7. The van der Waals surface area contributed by atoms with Crippen LogP contribution in [-0.2, 0) is 0 Å². The maximum absolute atomic E-state index is 8.53. The highest BCUT2D eigenvalue weighted by molar-refractivity contribution is 6.30. The van der Waals surface area contributed by atoms with E-state index in [1.54, 1.807) is 0 Å². The average Bonchev–Trinajstić information content (AvgIpc) is 2.19. The number of hydrogen-bond acceptors (Lipinski definition) is 2. The molecule has 0 aromatic rings. The largest absolute Gasteiger partial charge is 0.412 e. The minimum Gasteiger partial charge on any atom is -0.412 e. The number of aliphatic hydroxyl groups is 2. The molecule has 0 aliphatic carbocycles. The maximum Gasteiger partial charge on any atom is 0.144 e. The number of halogens is 6. The fourth-order valence-electron chi connectivity index (χ4n) is 0.484. The topological polar surface area (TPSA) is 72.0 Å². The van der Waals surface area contributed by atoms with Crippen LogP contribution in [0.15, 0.2) is 0 Å². The third-order valence-electron chi connectivity index (χ3n) is 1.37. The molecule has 0 spiro atoms. The van der Waals surface area contributed by atoms with E-state index in [1.165, 1.54) is 0 Å². The molecule has 0 amide bonds. The molecule has 0 saturated heterocycles. The van der Waals surface area contributed by atoms with Crippen molar-refractivity contribution in [3.05, 3.63) is 0 Å². The highest BCUT2D eigenvalue weighted by Gasteiger charge is 2.11. The quantitative estimate of drug-likeness (QED) is 0.703. The van der Waals surface area contributed by atoms with Crippen LogP contribution in [0.2, 0.25) is 0 Å². The second-order valence-corrected chi connectivity index (χ2v) is 5.50. The molecule has 4 unspecified atom stereocenters. The molecule has 17 heavy (non-hydrogen) atoms. The number of aliphatic hydroxyl groups excluding tert-OH is 2. The van der Waals surface area contributed by atoms with Gasteiger partial charge in [-0.1, -0.05) is 23.2 Å². The van der Waals surface area contributed by atoms with Gasteiger partial charge in [0.2, 0.25) is 0 Å². The molecule has 108 valence electrons. The molecule has 4 N–H and O–H groups in total. The van der Waals surface area contributed by atoms with E-state index in [0.717, 1.165) is 0 Å². The van der Waals surface area contributed by atoms with Crippen molar-refractivity contribution >= 4 is 69.6 Å². The molecular weight excluding hydrogens is 357 g/mol. The molecule has 3 nitrogen and oxygen atoms in total. The van der Waals surface area contributed by atoms with Gasteiger partial charge in [-0.15, -0.1) is 46.4 Å². The van der Waals surface area contributed by atoms with Gasteiger partial charge in [-0.2, -0.15) is 0 Å². The average molecular weight is 373 g/mol. The molecule has 0 fully saturated rings. The van der Waals surface area contributed by atoms with Gasteiger partial charge in [-0.3, -0.25) is 0 Å². The summed E-state index contributed by atoms with van der Waals surface area (Å²) in [6.07, 6.45) is 1.07. The van der Waals surface area contributed by atoms with E-state index in [-0.39, 0.29) is 5.48 Å². The van der Waals surface area contributed by atoms with Gasteiger partial charge in [-0.05, 0) is 12.8 Å². The third kappa shape index (κ3) is 17.6. The lowest BCUT2D eigenvalue weighted by Crippen LogP contribution is -2.13. The fraction of sp³-hybridized carbons (Fsp3) is 1.00. The predicted octanol–water partition coefficient (Wildman–Crippen LogP) is 2.74. The zero-order chi connectivity index (χ0) is 13.1. The van der Waals surface area contributed by atoms with Crippen LogP contribution in [0.1, 0.15) is 12.8 Å². The molecule has 9 heteroatoms. The van der Waals surface area contributed by atoms with Crippen LogP contribution < -0.4 is 0 Å². The smallest absolute Gasteiger partial charge is 0.144 e. The summed E-state index contributed by atoms with van der Waals surface area (Å²) in [6, 6.07) is 0. The van der Waals surface area contributed by atoms with Crippen LogP contribution in [0.5, 0.6) is 0 Å². The first-order valence-corrected chi connectivity index (χ1v) is 7.22. The zero-order valence-electron chi connectivity index (χ0n) is 8.80. The lowest BCUT2D eigenvalue weighted by Gasteiger charge is -2.06. The SMILES string of the molecule is O.OC(Cl)C(Cl)CCCl.OC(Cl)C(Cl)CCCl. The number of hydrogen-bond donors (Lipinski definition) is 2. The van der Waals surface area contributed by atoms with Crippen molar-refractivity contribution in [2.24, 2.45) is 0 Å². The molecule has 4 atom stereocenters. The lowest BCUT2D eigenvalue weighted by atomic mass is 10.3. The van der Waals surface area contributed by atoms with E-state index in [1.807, 2.05) is 0 Å². The van der Waals surface area contributed by atoms with Crippen LogP contribution in [0.25, 0.3) is 0 Å². The minimum atomic E-state index is -0.976. The van der Waals surface area contributed by atoms with E-state index in [9.17, 15) is 0 Å². The molecule has 0 aromatic carbocycles. The highest BCUT2D eigenvalue weighted by Crippen LogP contribution is 2.11. The standard InChI is InChI=1S/2C4H7Cl3O.H2O/c2*5-2-1-3(6)4(7)8;/h2*3-4,8H,1-2H2;1H2. The first-order valence-electron chi connectivity index (χ1n) is 4.41. The van der Waals surface area contributed by atoms with Crippen LogP contribution in [0.3, 0.4) is 0 Å². The van der Waals surface area contributed by atoms with Gasteiger partial charge in [0, 0.05) is 11.8 Å². The van der Waals surface area contributed by atoms with Crippen LogP contribution >= 0.6 is 69.6 Å². The minimum absolute atomic E-state index is 0. The van der Waals surface area contributed by atoms with E-state index >= 15 is 0 Å².